The minimum Gasteiger partial charge on any atom is -0.356 e. The van der Waals surface area contributed by atoms with Crippen LogP contribution in [-0.4, -0.2) is 94.9 Å². The van der Waals surface area contributed by atoms with Gasteiger partial charge < -0.3 is 15.1 Å². The lowest BCUT2D eigenvalue weighted by molar-refractivity contribution is 0.254. The van der Waals surface area contributed by atoms with Crippen molar-refractivity contribution in [3.05, 3.63) is 36.4 Å². The molecule has 0 spiro atoms. The normalized spacial score (nSPS) is 20.7. The number of hydrogen-bond donors (Lipinski definition) is 1. The van der Waals surface area contributed by atoms with Gasteiger partial charge in [0.15, 0.2) is 5.96 Å². The molecule has 2 saturated heterocycles. The number of rotatable bonds is 6. The van der Waals surface area contributed by atoms with Crippen LogP contribution in [0.3, 0.4) is 0 Å². The van der Waals surface area contributed by atoms with Crippen LogP contribution in [0.5, 0.6) is 0 Å². The number of nitrogens with zero attached hydrogens (tertiary/aromatic N) is 8. The van der Waals surface area contributed by atoms with Crippen molar-refractivity contribution in [3.8, 4) is 0 Å². The first kappa shape index (κ1) is 20.6. The first-order chi connectivity index (χ1) is 14.7. The third-order valence-corrected chi connectivity index (χ3v) is 6.04. The molecular formula is C21H33N9. The molecule has 9 nitrogen and oxygen atoms in total. The maximum absolute atomic E-state index is 4.51. The standard InChI is InChI=1S/C21H33N9/c1-22-20(30-10-5-18(17-30)19-15-26-27(2)16-19)23-8-4-9-28-11-13-29(14-12-28)21-24-6-3-7-25-21/h3,6-7,15-16,18H,4-5,8-14,17H2,1-2H3,(H,22,23). The minimum absolute atomic E-state index is 0.544. The summed E-state index contributed by atoms with van der Waals surface area (Å²) >= 11 is 0. The Hall–Kier alpha value is -2.68. The van der Waals surface area contributed by atoms with Gasteiger partial charge in [0, 0.05) is 84.4 Å². The number of aromatic nitrogens is 4. The van der Waals surface area contributed by atoms with Gasteiger partial charge in [-0.3, -0.25) is 14.6 Å². The fourth-order valence-electron chi connectivity index (χ4n) is 4.34. The van der Waals surface area contributed by atoms with Gasteiger partial charge in [-0.1, -0.05) is 0 Å². The quantitative estimate of drug-likeness (QED) is 0.428. The average Bonchev–Trinajstić information content (AvgIpc) is 3.44. The fourth-order valence-corrected chi connectivity index (χ4v) is 4.34. The van der Waals surface area contributed by atoms with Crippen molar-refractivity contribution in [3.63, 3.8) is 0 Å². The van der Waals surface area contributed by atoms with Crippen molar-refractivity contribution in [1.82, 2.24) is 34.9 Å². The molecule has 162 valence electrons. The van der Waals surface area contributed by atoms with Gasteiger partial charge >= 0.3 is 0 Å². The predicted molar refractivity (Wildman–Crippen MR) is 119 cm³/mol. The molecule has 0 bridgehead atoms. The van der Waals surface area contributed by atoms with Crippen LogP contribution in [0.4, 0.5) is 5.95 Å². The van der Waals surface area contributed by atoms with Crippen LogP contribution < -0.4 is 10.2 Å². The Bertz CT molecular complexity index is 811. The van der Waals surface area contributed by atoms with Gasteiger partial charge in [-0.2, -0.15) is 5.10 Å². The number of piperazine rings is 1. The Morgan fingerprint density at radius 2 is 1.97 bits per heavy atom. The van der Waals surface area contributed by atoms with Crippen molar-refractivity contribution in [2.24, 2.45) is 12.0 Å². The Morgan fingerprint density at radius 1 is 1.17 bits per heavy atom. The van der Waals surface area contributed by atoms with Crippen LogP contribution in [0.2, 0.25) is 0 Å². The van der Waals surface area contributed by atoms with Crippen LogP contribution in [-0.2, 0) is 7.05 Å². The van der Waals surface area contributed by atoms with E-state index >= 15 is 0 Å². The number of hydrogen-bond acceptors (Lipinski definition) is 6. The summed E-state index contributed by atoms with van der Waals surface area (Å²) in [6, 6.07) is 1.86. The Labute approximate surface area is 178 Å². The second-order valence-corrected chi connectivity index (χ2v) is 8.08. The van der Waals surface area contributed by atoms with Crippen LogP contribution in [0.1, 0.15) is 24.3 Å². The summed E-state index contributed by atoms with van der Waals surface area (Å²) < 4.78 is 1.89. The predicted octanol–water partition coefficient (Wildman–Crippen LogP) is 0.787. The van der Waals surface area contributed by atoms with Gasteiger partial charge in [0.05, 0.1) is 6.20 Å². The van der Waals surface area contributed by atoms with Crippen LogP contribution in [0.25, 0.3) is 0 Å². The largest absolute Gasteiger partial charge is 0.356 e. The van der Waals surface area contributed by atoms with E-state index in [9.17, 15) is 0 Å². The molecule has 0 radical (unpaired) electrons. The molecule has 1 N–H and O–H groups in total. The van der Waals surface area contributed by atoms with E-state index in [1.807, 2.05) is 43.4 Å². The summed E-state index contributed by atoms with van der Waals surface area (Å²) in [5.74, 6) is 2.41. The summed E-state index contributed by atoms with van der Waals surface area (Å²) in [7, 11) is 3.86. The lowest BCUT2D eigenvalue weighted by Crippen LogP contribution is -2.47. The van der Waals surface area contributed by atoms with Crippen molar-refractivity contribution in [2.75, 3.05) is 64.3 Å². The third-order valence-electron chi connectivity index (χ3n) is 6.04. The maximum Gasteiger partial charge on any atom is 0.225 e. The highest BCUT2D eigenvalue weighted by atomic mass is 15.3. The zero-order valence-corrected chi connectivity index (χ0v) is 18.1. The third kappa shape index (κ3) is 5.08. The van der Waals surface area contributed by atoms with Crippen molar-refractivity contribution in [1.29, 1.82) is 0 Å². The summed E-state index contributed by atoms with van der Waals surface area (Å²) in [6.07, 6.45) is 10.0. The Kier molecular flexibility index (Phi) is 6.78. The lowest BCUT2D eigenvalue weighted by atomic mass is 10.0. The molecule has 9 heteroatoms. The number of aryl methyl sites for hydroxylation is 1. The number of guanidine groups is 1. The van der Waals surface area contributed by atoms with E-state index in [-0.39, 0.29) is 0 Å². The molecule has 0 saturated carbocycles. The van der Waals surface area contributed by atoms with E-state index in [0.29, 0.717) is 5.92 Å². The van der Waals surface area contributed by atoms with E-state index in [4.69, 9.17) is 0 Å². The maximum atomic E-state index is 4.51. The van der Waals surface area contributed by atoms with Gasteiger partial charge in [0.1, 0.15) is 0 Å². The number of nitrogens with one attached hydrogen (secondary N) is 1. The topological polar surface area (TPSA) is 77.7 Å². The summed E-state index contributed by atoms with van der Waals surface area (Å²) in [5.41, 5.74) is 1.33. The van der Waals surface area contributed by atoms with E-state index in [0.717, 1.165) is 77.1 Å². The highest BCUT2D eigenvalue weighted by molar-refractivity contribution is 5.80. The molecule has 4 rings (SSSR count). The molecule has 2 aliphatic heterocycles. The van der Waals surface area contributed by atoms with Gasteiger partial charge in [0.25, 0.3) is 0 Å². The Morgan fingerprint density at radius 3 is 2.67 bits per heavy atom. The van der Waals surface area contributed by atoms with Crippen molar-refractivity contribution in [2.45, 2.75) is 18.8 Å². The van der Waals surface area contributed by atoms with Gasteiger partial charge in [-0.05, 0) is 31.0 Å². The summed E-state index contributed by atoms with van der Waals surface area (Å²) in [4.78, 5) is 20.4. The number of aliphatic imine (C=N–C) groups is 1. The molecule has 0 aromatic carbocycles. The fraction of sp³-hybridized carbons (Fsp3) is 0.619. The summed E-state index contributed by atoms with van der Waals surface area (Å²) in [5, 5.41) is 7.88. The monoisotopic (exact) mass is 411 g/mol. The van der Waals surface area contributed by atoms with Gasteiger partial charge in [-0.25, -0.2) is 9.97 Å². The highest BCUT2D eigenvalue weighted by Crippen LogP contribution is 2.26. The second kappa shape index (κ2) is 9.88. The lowest BCUT2D eigenvalue weighted by Gasteiger charge is -2.34. The minimum atomic E-state index is 0.544. The van der Waals surface area contributed by atoms with E-state index < -0.39 is 0 Å². The summed E-state index contributed by atoms with van der Waals surface area (Å²) in [6.45, 7) is 8.20. The molecule has 2 fully saturated rings. The van der Waals surface area contributed by atoms with Crippen LogP contribution >= 0.6 is 0 Å². The molecule has 4 heterocycles. The molecule has 30 heavy (non-hydrogen) atoms. The molecular weight excluding hydrogens is 378 g/mol. The molecule has 1 unspecified atom stereocenters. The first-order valence-electron chi connectivity index (χ1n) is 10.9. The zero-order valence-electron chi connectivity index (χ0n) is 18.1. The molecule has 0 aliphatic carbocycles. The molecule has 0 amide bonds. The van der Waals surface area contributed by atoms with E-state index in [2.05, 4.69) is 46.3 Å². The molecule has 2 aliphatic rings. The van der Waals surface area contributed by atoms with Gasteiger partial charge in [0.2, 0.25) is 5.95 Å². The SMILES string of the molecule is CN=C(NCCCN1CCN(c2ncccn2)CC1)N1CCC(c2cnn(C)c2)C1. The van der Waals surface area contributed by atoms with Crippen LogP contribution in [0, 0.1) is 0 Å². The van der Waals surface area contributed by atoms with Gasteiger partial charge in [-0.15, -0.1) is 0 Å². The molecule has 1 atom stereocenters. The molecule has 2 aromatic heterocycles. The van der Waals surface area contributed by atoms with E-state index in [1.165, 1.54) is 5.56 Å². The zero-order chi connectivity index (χ0) is 20.8. The first-order valence-corrected chi connectivity index (χ1v) is 10.9. The smallest absolute Gasteiger partial charge is 0.225 e. The highest BCUT2D eigenvalue weighted by Gasteiger charge is 2.26. The van der Waals surface area contributed by atoms with Crippen molar-refractivity contribution >= 4 is 11.9 Å². The average molecular weight is 412 g/mol. The molecule has 2 aromatic rings. The van der Waals surface area contributed by atoms with Crippen LogP contribution in [0.15, 0.2) is 35.8 Å². The second-order valence-electron chi connectivity index (χ2n) is 8.08. The Balaban J connectivity index is 1.15. The van der Waals surface area contributed by atoms with Crippen molar-refractivity contribution < 1.29 is 0 Å². The number of anilines is 1. The van der Waals surface area contributed by atoms with E-state index in [1.54, 1.807) is 0 Å². The number of likely N-dealkylation sites (tertiary alicyclic amines) is 1.